The van der Waals surface area contributed by atoms with Crippen molar-refractivity contribution >= 4 is 11.9 Å². The average molecular weight is 295 g/mol. The maximum atomic E-state index is 11.9. The monoisotopic (exact) mass is 295 g/mol. The third kappa shape index (κ3) is 5.56. The van der Waals surface area contributed by atoms with Gasteiger partial charge in [0.15, 0.2) is 0 Å². The fourth-order valence-electron chi connectivity index (χ4n) is 3.44. The number of amides is 3. The lowest BCUT2D eigenvalue weighted by Crippen LogP contribution is -2.49. The maximum absolute atomic E-state index is 11.9. The van der Waals surface area contributed by atoms with Crippen LogP contribution in [0.15, 0.2) is 0 Å². The first-order chi connectivity index (χ1) is 10.1. The second-order valence-electron chi connectivity index (χ2n) is 6.47. The number of carbonyl (C=O) groups is 2. The van der Waals surface area contributed by atoms with Crippen LogP contribution in [0.4, 0.5) is 4.79 Å². The summed E-state index contributed by atoms with van der Waals surface area (Å²) in [4.78, 5) is 25.0. The standard InChI is InChI=1S/C16H29N3O2/c1-13(20)19-11-8-15(9-12-19)18-16(21)17-10-7-14-5-3-2-4-6-14/h14-15H,2-12H2,1H3,(H2,17,18,21). The molecule has 5 heteroatoms. The van der Waals surface area contributed by atoms with E-state index in [0.717, 1.165) is 44.8 Å². The van der Waals surface area contributed by atoms with Crippen LogP contribution in [-0.4, -0.2) is 42.5 Å². The Bertz CT molecular complexity index is 345. The Morgan fingerprint density at radius 3 is 2.33 bits per heavy atom. The molecule has 0 bridgehead atoms. The summed E-state index contributed by atoms with van der Waals surface area (Å²) in [6, 6.07) is 0.155. The molecule has 120 valence electrons. The first kappa shape index (κ1) is 16.1. The Labute approximate surface area is 127 Å². The van der Waals surface area contributed by atoms with Crippen LogP contribution in [-0.2, 0) is 4.79 Å². The first-order valence-corrected chi connectivity index (χ1v) is 8.45. The average Bonchev–Trinajstić information content (AvgIpc) is 2.49. The van der Waals surface area contributed by atoms with Crippen LogP contribution in [0.5, 0.6) is 0 Å². The number of urea groups is 1. The molecule has 1 aliphatic carbocycles. The van der Waals surface area contributed by atoms with E-state index in [-0.39, 0.29) is 18.0 Å². The van der Waals surface area contributed by atoms with Crippen molar-refractivity contribution in [1.82, 2.24) is 15.5 Å². The molecule has 0 unspecified atom stereocenters. The lowest BCUT2D eigenvalue weighted by molar-refractivity contribution is -0.129. The quantitative estimate of drug-likeness (QED) is 0.836. The van der Waals surface area contributed by atoms with E-state index in [2.05, 4.69) is 10.6 Å². The molecule has 0 aromatic carbocycles. The largest absolute Gasteiger partial charge is 0.343 e. The number of carbonyl (C=O) groups excluding carboxylic acids is 2. The van der Waals surface area contributed by atoms with Crippen molar-refractivity contribution in [2.45, 2.75) is 64.3 Å². The molecule has 3 amide bonds. The minimum atomic E-state index is -0.0490. The predicted molar refractivity (Wildman–Crippen MR) is 83.0 cm³/mol. The Balaban J connectivity index is 1.56. The number of hydrogen-bond acceptors (Lipinski definition) is 2. The second-order valence-corrected chi connectivity index (χ2v) is 6.47. The summed E-state index contributed by atoms with van der Waals surface area (Å²) in [6.45, 7) is 3.89. The van der Waals surface area contributed by atoms with E-state index in [1.54, 1.807) is 6.92 Å². The summed E-state index contributed by atoms with van der Waals surface area (Å²) in [5.41, 5.74) is 0. The van der Waals surface area contributed by atoms with Gasteiger partial charge in [-0.05, 0) is 25.2 Å². The van der Waals surface area contributed by atoms with Gasteiger partial charge in [0.2, 0.25) is 5.91 Å². The van der Waals surface area contributed by atoms with E-state index in [0.29, 0.717) is 0 Å². The van der Waals surface area contributed by atoms with Crippen LogP contribution >= 0.6 is 0 Å². The summed E-state index contributed by atoms with van der Waals surface area (Å²) >= 11 is 0. The van der Waals surface area contributed by atoms with Gasteiger partial charge in [-0.15, -0.1) is 0 Å². The lowest BCUT2D eigenvalue weighted by atomic mass is 9.87. The van der Waals surface area contributed by atoms with Gasteiger partial charge in [-0.2, -0.15) is 0 Å². The molecule has 2 rings (SSSR count). The number of piperidine rings is 1. The van der Waals surface area contributed by atoms with E-state index in [1.165, 1.54) is 32.1 Å². The highest BCUT2D eigenvalue weighted by Gasteiger charge is 2.21. The second kappa shape index (κ2) is 8.25. The van der Waals surface area contributed by atoms with E-state index in [4.69, 9.17) is 0 Å². The van der Waals surface area contributed by atoms with Gasteiger partial charge in [0.05, 0.1) is 0 Å². The molecule has 0 atom stereocenters. The summed E-state index contributed by atoms with van der Waals surface area (Å²) in [7, 11) is 0. The lowest BCUT2D eigenvalue weighted by Gasteiger charge is -2.31. The highest BCUT2D eigenvalue weighted by molar-refractivity contribution is 5.74. The van der Waals surface area contributed by atoms with E-state index >= 15 is 0 Å². The predicted octanol–water partition coefficient (Wildman–Crippen LogP) is 2.27. The third-order valence-electron chi connectivity index (χ3n) is 4.84. The van der Waals surface area contributed by atoms with Gasteiger partial charge >= 0.3 is 6.03 Å². The van der Waals surface area contributed by atoms with Crippen LogP contribution in [0.3, 0.4) is 0 Å². The first-order valence-electron chi connectivity index (χ1n) is 8.45. The molecule has 1 aliphatic heterocycles. The molecular weight excluding hydrogens is 266 g/mol. The maximum Gasteiger partial charge on any atom is 0.315 e. The van der Waals surface area contributed by atoms with Crippen molar-refractivity contribution in [3.05, 3.63) is 0 Å². The van der Waals surface area contributed by atoms with E-state index in [9.17, 15) is 9.59 Å². The summed E-state index contributed by atoms with van der Waals surface area (Å²) in [5.74, 6) is 0.934. The Kier molecular flexibility index (Phi) is 6.33. The molecule has 0 spiro atoms. The van der Waals surface area contributed by atoms with Gasteiger partial charge < -0.3 is 15.5 Å². The number of nitrogens with one attached hydrogen (secondary N) is 2. The van der Waals surface area contributed by atoms with Gasteiger partial charge in [0.25, 0.3) is 0 Å². The minimum absolute atomic E-state index is 0.0490. The zero-order valence-electron chi connectivity index (χ0n) is 13.2. The van der Waals surface area contributed by atoms with Crippen molar-refractivity contribution in [1.29, 1.82) is 0 Å². The Hall–Kier alpha value is -1.26. The van der Waals surface area contributed by atoms with Crippen molar-refractivity contribution in [3.8, 4) is 0 Å². The van der Waals surface area contributed by atoms with Crippen LogP contribution in [0, 0.1) is 5.92 Å². The zero-order chi connectivity index (χ0) is 15.1. The molecule has 0 aromatic rings. The molecule has 0 aromatic heterocycles. The number of hydrogen-bond donors (Lipinski definition) is 2. The number of rotatable bonds is 4. The van der Waals surface area contributed by atoms with Crippen molar-refractivity contribution in [2.24, 2.45) is 5.92 Å². The molecule has 1 saturated heterocycles. The van der Waals surface area contributed by atoms with Crippen molar-refractivity contribution in [2.75, 3.05) is 19.6 Å². The molecule has 2 fully saturated rings. The highest BCUT2D eigenvalue weighted by Crippen LogP contribution is 2.25. The summed E-state index contributed by atoms with van der Waals surface area (Å²) < 4.78 is 0. The van der Waals surface area contributed by atoms with Crippen molar-refractivity contribution in [3.63, 3.8) is 0 Å². The fraction of sp³-hybridized carbons (Fsp3) is 0.875. The molecule has 1 heterocycles. The molecule has 2 N–H and O–H groups in total. The van der Waals surface area contributed by atoms with Crippen molar-refractivity contribution < 1.29 is 9.59 Å². The third-order valence-corrected chi connectivity index (χ3v) is 4.84. The normalized spacial score (nSPS) is 21.1. The Morgan fingerprint density at radius 2 is 1.71 bits per heavy atom. The molecule has 0 radical (unpaired) electrons. The molecule has 1 saturated carbocycles. The smallest absolute Gasteiger partial charge is 0.315 e. The van der Waals surface area contributed by atoms with Crippen LogP contribution in [0.2, 0.25) is 0 Å². The SMILES string of the molecule is CC(=O)N1CCC(NC(=O)NCCC2CCCCC2)CC1. The topological polar surface area (TPSA) is 61.4 Å². The summed E-state index contributed by atoms with van der Waals surface area (Å²) in [5, 5.41) is 6.01. The summed E-state index contributed by atoms with van der Waals surface area (Å²) in [6.07, 6.45) is 9.56. The number of likely N-dealkylation sites (tertiary alicyclic amines) is 1. The van der Waals surface area contributed by atoms with Gasteiger partial charge in [-0.1, -0.05) is 32.1 Å². The fourth-order valence-corrected chi connectivity index (χ4v) is 3.44. The van der Waals surface area contributed by atoms with Gasteiger partial charge in [0, 0.05) is 32.6 Å². The number of nitrogens with zero attached hydrogens (tertiary/aromatic N) is 1. The van der Waals surface area contributed by atoms with Gasteiger partial charge in [-0.3, -0.25) is 4.79 Å². The van der Waals surface area contributed by atoms with Gasteiger partial charge in [-0.25, -0.2) is 4.79 Å². The molecular formula is C16H29N3O2. The zero-order valence-corrected chi connectivity index (χ0v) is 13.2. The Morgan fingerprint density at radius 1 is 1.05 bits per heavy atom. The van der Waals surface area contributed by atoms with Crippen LogP contribution in [0.25, 0.3) is 0 Å². The highest BCUT2D eigenvalue weighted by atomic mass is 16.2. The van der Waals surface area contributed by atoms with E-state index in [1.807, 2.05) is 4.90 Å². The van der Waals surface area contributed by atoms with E-state index < -0.39 is 0 Å². The van der Waals surface area contributed by atoms with Crippen LogP contribution in [0.1, 0.15) is 58.3 Å². The molecule has 21 heavy (non-hydrogen) atoms. The van der Waals surface area contributed by atoms with Crippen LogP contribution < -0.4 is 10.6 Å². The van der Waals surface area contributed by atoms with Gasteiger partial charge in [0.1, 0.15) is 0 Å². The molecule has 2 aliphatic rings. The minimum Gasteiger partial charge on any atom is -0.343 e. The molecule has 5 nitrogen and oxygen atoms in total.